The van der Waals surface area contributed by atoms with Crippen molar-refractivity contribution >= 4 is 0 Å². The lowest BCUT2D eigenvalue weighted by Crippen LogP contribution is -2.38. The SMILES string of the molecule is OCC1COc2cccc(-c3ccc(OCCN4CCOCC4)cn3)c2O1. The van der Waals surface area contributed by atoms with Gasteiger partial charge < -0.3 is 24.1 Å². The summed E-state index contributed by atoms with van der Waals surface area (Å²) in [5.74, 6) is 2.03. The number of hydrogen-bond donors (Lipinski definition) is 1. The zero-order valence-corrected chi connectivity index (χ0v) is 15.2. The first-order valence-corrected chi connectivity index (χ1v) is 9.26. The zero-order valence-electron chi connectivity index (χ0n) is 15.2. The smallest absolute Gasteiger partial charge is 0.171 e. The quantitative estimate of drug-likeness (QED) is 0.825. The first-order valence-electron chi connectivity index (χ1n) is 9.26. The Hall–Kier alpha value is -2.35. The number of para-hydroxylation sites is 1. The Bertz CT molecular complexity index is 747. The zero-order chi connectivity index (χ0) is 18.5. The third-order valence-corrected chi connectivity index (χ3v) is 4.68. The van der Waals surface area contributed by atoms with Crippen molar-refractivity contribution in [1.29, 1.82) is 0 Å². The van der Waals surface area contributed by atoms with Crippen molar-refractivity contribution in [3.63, 3.8) is 0 Å². The van der Waals surface area contributed by atoms with Gasteiger partial charge in [0.1, 0.15) is 19.0 Å². The van der Waals surface area contributed by atoms with Crippen LogP contribution in [0.1, 0.15) is 0 Å². The van der Waals surface area contributed by atoms with Crippen LogP contribution in [0.25, 0.3) is 11.3 Å². The minimum absolute atomic E-state index is 0.0862. The molecule has 0 saturated carbocycles. The summed E-state index contributed by atoms with van der Waals surface area (Å²) in [6.45, 7) is 5.25. The predicted molar refractivity (Wildman–Crippen MR) is 99.4 cm³/mol. The fourth-order valence-corrected chi connectivity index (χ4v) is 3.17. The molecule has 1 saturated heterocycles. The van der Waals surface area contributed by atoms with Gasteiger partial charge in [-0.1, -0.05) is 6.07 Å². The van der Waals surface area contributed by atoms with Crippen molar-refractivity contribution in [3.05, 3.63) is 36.5 Å². The van der Waals surface area contributed by atoms with Crippen LogP contribution in [-0.2, 0) is 4.74 Å². The number of fused-ring (bicyclic) bond motifs is 1. The summed E-state index contributed by atoms with van der Waals surface area (Å²) < 4.78 is 22.7. The summed E-state index contributed by atoms with van der Waals surface area (Å²) in [6.07, 6.45) is 1.36. The van der Waals surface area contributed by atoms with Gasteiger partial charge in [0.25, 0.3) is 0 Å². The average Bonchev–Trinajstić information content (AvgIpc) is 2.74. The van der Waals surface area contributed by atoms with Crippen molar-refractivity contribution in [3.8, 4) is 28.5 Å². The van der Waals surface area contributed by atoms with Crippen molar-refractivity contribution in [2.75, 3.05) is 52.7 Å². The number of nitrogens with zero attached hydrogens (tertiary/aromatic N) is 2. The number of benzene rings is 1. The van der Waals surface area contributed by atoms with Gasteiger partial charge in [0, 0.05) is 25.2 Å². The van der Waals surface area contributed by atoms with Gasteiger partial charge in [0.15, 0.2) is 17.6 Å². The minimum atomic E-state index is -0.360. The van der Waals surface area contributed by atoms with Crippen LogP contribution in [-0.4, -0.2) is 73.8 Å². The maximum Gasteiger partial charge on any atom is 0.171 e. The summed E-state index contributed by atoms with van der Waals surface area (Å²) in [5, 5.41) is 9.34. The number of morpholine rings is 1. The summed E-state index contributed by atoms with van der Waals surface area (Å²) in [6, 6.07) is 9.52. The highest BCUT2D eigenvalue weighted by atomic mass is 16.6. The van der Waals surface area contributed by atoms with E-state index in [4.69, 9.17) is 18.9 Å². The molecule has 2 aromatic rings. The molecule has 0 bridgehead atoms. The van der Waals surface area contributed by atoms with Crippen LogP contribution in [0, 0.1) is 0 Å². The van der Waals surface area contributed by atoms with E-state index in [9.17, 15) is 5.11 Å². The Labute approximate surface area is 158 Å². The summed E-state index contributed by atoms with van der Waals surface area (Å²) >= 11 is 0. The monoisotopic (exact) mass is 372 g/mol. The Kier molecular flexibility index (Phi) is 5.72. The van der Waals surface area contributed by atoms with Crippen molar-refractivity contribution < 1.29 is 24.1 Å². The van der Waals surface area contributed by atoms with Gasteiger partial charge in [-0.3, -0.25) is 9.88 Å². The van der Waals surface area contributed by atoms with Crippen LogP contribution in [0.15, 0.2) is 36.5 Å². The molecule has 1 N–H and O–H groups in total. The Balaban J connectivity index is 1.40. The number of aromatic nitrogens is 1. The van der Waals surface area contributed by atoms with E-state index in [0.717, 1.165) is 49.9 Å². The molecule has 4 rings (SSSR count). The summed E-state index contributed by atoms with van der Waals surface area (Å²) in [7, 11) is 0. The number of aliphatic hydroxyl groups is 1. The Morgan fingerprint density at radius 1 is 1.19 bits per heavy atom. The molecule has 0 aliphatic carbocycles. The molecule has 1 atom stereocenters. The molecule has 3 heterocycles. The molecule has 27 heavy (non-hydrogen) atoms. The lowest BCUT2D eigenvalue weighted by atomic mass is 10.1. The first kappa shape index (κ1) is 18.0. The number of rotatable bonds is 6. The molecule has 1 fully saturated rings. The first-order chi connectivity index (χ1) is 13.3. The van der Waals surface area contributed by atoms with E-state index in [-0.39, 0.29) is 12.7 Å². The van der Waals surface area contributed by atoms with Gasteiger partial charge in [-0.25, -0.2) is 0 Å². The molecule has 0 amide bonds. The molecule has 144 valence electrons. The molecule has 7 nitrogen and oxygen atoms in total. The van der Waals surface area contributed by atoms with Gasteiger partial charge in [0.05, 0.1) is 31.7 Å². The second-order valence-corrected chi connectivity index (χ2v) is 6.55. The molecular formula is C20H24N2O5. The van der Waals surface area contributed by atoms with Crippen LogP contribution in [0.3, 0.4) is 0 Å². The molecule has 0 spiro atoms. The second-order valence-electron chi connectivity index (χ2n) is 6.55. The van der Waals surface area contributed by atoms with Crippen LogP contribution >= 0.6 is 0 Å². The molecule has 1 unspecified atom stereocenters. The Morgan fingerprint density at radius 2 is 2.07 bits per heavy atom. The predicted octanol–water partition coefficient (Wildman–Crippen LogP) is 1.59. The minimum Gasteiger partial charge on any atom is -0.491 e. The van der Waals surface area contributed by atoms with Crippen LogP contribution < -0.4 is 14.2 Å². The van der Waals surface area contributed by atoms with Crippen molar-refractivity contribution in [2.24, 2.45) is 0 Å². The van der Waals surface area contributed by atoms with Gasteiger partial charge in [-0.05, 0) is 24.3 Å². The summed E-state index contributed by atoms with van der Waals surface area (Å²) in [5.41, 5.74) is 1.61. The van der Waals surface area contributed by atoms with Crippen LogP contribution in [0.5, 0.6) is 17.2 Å². The maximum atomic E-state index is 9.34. The third kappa shape index (κ3) is 4.32. The lowest BCUT2D eigenvalue weighted by Gasteiger charge is -2.27. The maximum absolute atomic E-state index is 9.34. The van der Waals surface area contributed by atoms with E-state index in [1.807, 2.05) is 30.3 Å². The van der Waals surface area contributed by atoms with Crippen molar-refractivity contribution in [2.45, 2.75) is 6.10 Å². The van der Waals surface area contributed by atoms with Crippen LogP contribution in [0.4, 0.5) is 0 Å². The molecule has 2 aliphatic rings. The topological polar surface area (TPSA) is 73.3 Å². The van der Waals surface area contributed by atoms with Crippen LogP contribution in [0.2, 0.25) is 0 Å². The van der Waals surface area contributed by atoms with Gasteiger partial charge >= 0.3 is 0 Å². The van der Waals surface area contributed by atoms with E-state index in [1.165, 1.54) is 0 Å². The molecule has 1 aromatic heterocycles. The molecular weight excluding hydrogens is 348 g/mol. The van der Waals surface area contributed by atoms with E-state index in [0.29, 0.717) is 24.7 Å². The largest absolute Gasteiger partial charge is 0.491 e. The highest BCUT2D eigenvalue weighted by molar-refractivity contribution is 5.71. The fraction of sp³-hybridized carbons (Fsp3) is 0.450. The van der Waals surface area contributed by atoms with Crippen molar-refractivity contribution in [1.82, 2.24) is 9.88 Å². The lowest BCUT2D eigenvalue weighted by molar-refractivity contribution is 0.0322. The van der Waals surface area contributed by atoms with E-state index in [2.05, 4.69) is 9.88 Å². The summed E-state index contributed by atoms with van der Waals surface area (Å²) in [4.78, 5) is 6.85. The number of hydrogen-bond acceptors (Lipinski definition) is 7. The number of ether oxygens (including phenoxy) is 4. The van der Waals surface area contributed by atoms with E-state index >= 15 is 0 Å². The third-order valence-electron chi connectivity index (χ3n) is 4.68. The number of aliphatic hydroxyl groups excluding tert-OH is 1. The highest BCUT2D eigenvalue weighted by Crippen LogP contribution is 2.40. The molecule has 1 aromatic carbocycles. The van der Waals surface area contributed by atoms with E-state index < -0.39 is 0 Å². The Morgan fingerprint density at radius 3 is 2.85 bits per heavy atom. The molecule has 0 radical (unpaired) electrons. The number of pyridine rings is 1. The van der Waals surface area contributed by atoms with E-state index in [1.54, 1.807) is 6.20 Å². The fourth-order valence-electron chi connectivity index (χ4n) is 3.17. The molecule has 7 heteroatoms. The highest BCUT2D eigenvalue weighted by Gasteiger charge is 2.23. The second kappa shape index (κ2) is 8.56. The van der Waals surface area contributed by atoms with Gasteiger partial charge in [-0.2, -0.15) is 0 Å². The van der Waals surface area contributed by atoms with Gasteiger partial charge in [-0.15, -0.1) is 0 Å². The normalized spacial score (nSPS) is 19.7. The molecule has 2 aliphatic heterocycles. The standard InChI is InChI=1S/C20H24N2O5/c23-13-16-14-26-19-3-1-2-17(20(19)27-16)18-5-4-15(12-21-18)25-11-8-22-6-9-24-10-7-22/h1-5,12,16,23H,6-11,13-14H2. The van der Waals surface area contributed by atoms with Gasteiger partial charge in [0.2, 0.25) is 0 Å². The average molecular weight is 372 g/mol.